The Morgan fingerprint density at radius 3 is 2.74 bits per heavy atom. The van der Waals surface area contributed by atoms with Crippen LogP contribution in [0.25, 0.3) is 0 Å². The van der Waals surface area contributed by atoms with Gasteiger partial charge < -0.3 is 15.5 Å². The second-order valence-corrected chi connectivity index (χ2v) is 7.27. The van der Waals surface area contributed by atoms with Gasteiger partial charge >= 0.3 is 11.9 Å². The molecule has 1 unspecified atom stereocenters. The van der Waals surface area contributed by atoms with E-state index in [1.54, 1.807) is 13.0 Å². The normalized spacial score (nSPS) is 22.0. The fourth-order valence-electron chi connectivity index (χ4n) is 2.11. The lowest BCUT2D eigenvalue weighted by Gasteiger charge is -2.27. The molecule has 3 N–H and O–H groups in total. The Balaban J connectivity index is 2.10. The van der Waals surface area contributed by atoms with Gasteiger partial charge in [-0.3, -0.25) is 9.79 Å². The molecule has 0 saturated heterocycles. The van der Waals surface area contributed by atoms with E-state index in [0.29, 0.717) is 5.75 Å². The zero-order chi connectivity index (χ0) is 17.0. The molecule has 2 heterocycles. The van der Waals surface area contributed by atoms with Crippen molar-refractivity contribution in [1.29, 1.82) is 0 Å². The van der Waals surface area contributed by atoms with Gasteiger partial charge in [-0.15, -0.1) is 23.1 Å². The van der Waals surface area contributed by atoms with Crippen molar-refractivity contribution >= 4 is 46.7 Å². The Kier molecular flexibility index (Phi) is 5.78. The van der Waals surface area contributed by atoms with Gasteiger partial charge in [-0.05, 0) is 11.4 Å². The average molecular weight is 356 g/mol. The smallest absolute Gasteiger partial charge is 0.350 e. The topological polar surface area (TPSA) is 116 Å². The van der Waals surface area contributed by atoms with Crippen molar-refractivity contribution in [3.05, 3.63) is 22.4 Å². The highest BCUT2D eigenvalue weighted by atomic mass is 32.2. The van der Waals surface area contributed by atoms with Crippen LogP contribution >= 0.6 is 23.1 Å². The highest BCUT2D eigenvalue weighted by molar-refractivity contribution is 8.00. The molecule has 124 valence electrons. The molecule has 0 saturated carbocycles. The molecule has 1 aliphatic rings. The minimum absolute atomic E-state index is 0.0486. The standard InChI is InChI=1S/C14H16N2O5S2/c1-7-6-23-12(16-10(7)13(18)19)11(14(20)21)15-9(17)5-8-3-2-4-22-8/h2-4,7,11-12H,5-6H2,1H3,(H,15,17)(H,18,19)(H,20,21)/t7?,11-,12+/m0/s1. The van der Waals surface area contributed by atoms with E-state index in [2.05, 4.69) is 10.3 Å². The van der Waals surface area contributed by atoms with Crippen LogP contribution in [0.4, 0.5) is 0 Å². The molecule has 1 aliphatic heterocycles. The number of rotatable bonds is 6. The number of nitrogens with zero attached hydrogens (tertiary/aromatic N) is 1. The number of thioether (sulfide) groups is 1. The fourth-order valence-corrected chi connectivity index (χ4v) is 4.02. The molecule has 0 aromatic carbocycles. The lowest BCUT2D eigenvalue weighted by Crippen LogP contribution is -2.49. The van der Waals surface area contributed by atoms with Crippen LogP contribution < -0.4 is 5.32 Å². The summed E-state index contributed by atoms with van der Waals surface area (Å²) in [6, 6.07) is 2.34. The van der Waals surface area contributed by atoms with Gasteiger partial charge in [0.05, 0.1) is 6.42 Å². The number of carboxylic acids is 2. The van der Waals surface area contributed by atoms with Crippen LogP contribution in [0, 0.1) is 5.92 Å². The van der Waals surface area contributed by atoms with Crippen molar-refractivity contribution in [3.63, 3.8) is 0 Å². The minimum atomic E-state index is -1.26. The number of aliphatic imine (C=N–C) groups is 1. The first kappa shape index (κ1) is 17.5. The van der Waals surface area contributed by atoms with Gasteiger partial charge in [0.1, 0.15) is 11.1 Å². The molecular weight excluding hydrogens is 340 g/mol. The van der Waals surface area contributed by atoms with Crippen LogP contribution in [-0.4, -0.2) is 50.9 Å². The Labute approximate surface area is 140 Å². The third-order valence-electron chi connectivity index (χ3n) is 3.25. The fraction of sp³-hybridized carbons (Fsp3) is 0.429. The summed E-state index contributed by atoms with van der Waals surface area (Å²) in [5, 5.41) is 21.9. The zero-order valence-electron chi connectivity index (χ0n) is 12.3. The van der Waals surface area contributed by atoms with Gasteiger partial charge in [-0.25, -0.2) is 9.59 Å². The van der Waals surface area contributed by atoms with Gasteiger partial charge in [0.25, 0.3) is 0 Å². The molecule has 7 nitrogen and oxygen atoms in total. The minimum Gasteiger partial charge on any atom is -0.480 e. The number of carbonyl (C=O) groups excluding carboxylic acids is 1. The van der Waals surface area contributed by atoms with Crippen LogP contribution in [0.1, 0.15) is 11.8 Å². The molecule has 1 amide bonds. The molecule has 3 atom stereocenters. The lowest BCUT2D eigenvalue weighted by molar-refractivity contribution is -0.141. The predicted molar refractivity (Wildman–Crippen MR) is 88.1 cm³/mol. The van der Waals surface area contributed by atoms with E-state index in [4.69, 9.17) is 5.11 Å². The molecule has 23 heavy (non-hydrogen) atoms. The third kappa shape index (κ3) is 4.55. The summed E-state index contributed by atoms with van der Waals surface area (Å²) in [4.78, 5) is 39.5. The van der Waals surface area contributed by atoms with Crippen LogP contribution in [-0.2, 0) is 20.8 Å². The monoisotopic (exact) mass is 356 g/mol. The van der Waals surface area contributed by atoms with E-state index in [-0.39, 0.29) is 18.1 Å². The predicted octanol–water partition coefficient (Wildman–Crippen LogP) is 1.09. The van der Waals surface area contributed by atoms with Gasteiger partial charge in [0.2, 0.25) is 5.91 Å². The number of carboxylic acid groups (broad SMARTS) is 2. The SMILES string of the molecule is CC1CS[C@H]([C@H](NC(=O)Cc2cccs2)C(=O)O)N=C1C(=O)O. The number of aliphatic carboxylic acids is 2. The molecule has 1 aromatic rings. The van der Waals surface area contributed by atoms with E-state index >= 15 is 0 Å². The number of thiophene rings is 1. The number of nitrogens with one attached hydrogen (secondary N) is 1. The van der Waals surface area contributed by atoms with E-state index < -0.39 is 29.3 Å². The Bertz CT molecular complexity index is 629. The maximum absolute atomic E-state index is 12.0. The molecule has 0 bridgehead atoms. The Hall–Kier alpha value is -1.87. The van der Waals surface area contributed by atoms with Crippen molar-refractivity contribution in [1.82, 2.24) is 5.32 Å². The number of hydrogen-bond donors (Lipinski definition) is 3. The van der Waals surface area contributed by atoms with Gasteiger partial charge in [0, 0.05) is 16.5 Å². The largest absolute Gasteiger partial charge is 0.480 e. The Morgan fingerprint density at radius 2 is 2.17 bits per heavy atom. The van der Waals surface area contributed by atoms with Crippen LogP contribution in [0.2, 0.25) is 0 Å². The number of amides is 1. The average Bonchev–Trinajstić information content (AvgIpc) is 2.97. The molecule has 0 spiro atoms. The second kappa shape index (κ2) is 7.60. The molecule has 0 fully saturated rings. The first-order valence-corrected chi connectivity index (χ1v) is 8.78. The molecular formula is C14H16N2O5S2. The number of carbonyl (C=O) groups is 3. The summed E-state index contributed by atoms with van der Waals surface area (Å²) in [5.41, 5.74) is -0.0486. The highest BCUT2D eigenvalue weighted by Gasteiger charge is 2.35. The molecule has 9 heteroatoms. The lowest BCUT2D eigenvalue weighted by atomic mass is 10.1. The van der Waals surface area contributed by atoms with Crippen LogP contribution in [0.5, 0.6) is 0 Å². The summed E-state index contributed by atoms with van der Waals surface area (Å²) >= 11 is 2.64. The Morgan fingerprint density at radius 1 is 1.43 bits per heavy atom. The van der Waals surface area contributed by atoms with Crippen LogP contribution in [0.15, 0.2) is 22.5 Å². The van der Waals surface area contributed by atoms with E-state index in [0.717, 1.165) is 4.88 Å². The van der Waals surface area contributed by atoms with Gasteiger partial charge in [-0.2, -0.15) is 0 Å². The van der Waals surface area contributed by atoms with E-state index in [9.17, 15) is 19.5 Å². The van der Waals surface area contributed by atoms with Crippen molar-refractivity contribution in [2.45, 2.75) is 24.8 Å². The van der Waals surface area contributed by atoms with Crippen LogP contribution in [0.3, 0.4) is 0 Å². The number of hydrogen-bond acceptors (Lipinski definition) is 6. The van der Waals surface area contributed by atoms with Gasteiger partial charge in [-0.1, -0.05) is 13.0 Å². The van der Waals surface area contributed by atoms with Crippen molar-refractivity contribution in [2.75, 3.05) is 5.75 Å². The summed E-state index contributed by atoms with van der Waals surface area (Å²) in [7, 11) is 0. The van der Waals surface area contributed by atoms with Crippen molar-refractivity contribution in [3.8, 4) is 0 Å². The van der Waals surface area contributed by atoms with E-state index in [1.807, 2.05) is 11.4 Å². The first-order chi connectivity index (χ1) is 10.9. The third-order valence-corrected chi connectivity index (χ3v) is 5.54. The second-order valence-electron chi connectivity index (χ2n) is 5.08. The highest BCUT2D eigenvalue weighted by Crippen LogP contribution is 2.26. The van der Waals surface area contributed by atoms with E-state index in [1.165, 1.54) is 23.1 Å². The quantitative estimate of drug-likeness (QED) is 0.703. The summed E-state index contributed by atoms with van der Waals surface area (Å²) in [5.74, 6) is -2.63. The zero-order valence-corrected chi connectivity index (χ0v) is 13.9. The summed E-state index contributed by atoms with van der Waals surface area (Å²) < 4.78 is 0. The first-order valence-electron chi connectivity index (χ1n) is 6.85. The molecule has 2 rings (SSSR count). The maximum Gasteiger partial charge on any atom is 0.350 e. The molecule has 1 aromatic heterocycles. The van der Waals surface area contributed by atoms with Crippen molar-refractivity contribution in [2.24, 2.45) is 10.9 Å². The summed E-state index contributed by atoms with van der Waals surface area (Å²) in [6.07, 6.45) is 0.0880. The van der Waals surface area contributed by atoms with Crippen molar-refractivity contribution < 1.29 is 24.6 Å². The summed E-state index contributed by atoms with van der Waals surface area (Å²) in [6.45, 7) is 1.72. The van der Waals surface area contributed by atoms with Gasteiger partial charge in [0.15, 0.2) is 6.04 Å². The molecule has 0 radical (unpaired) electrons. The molecule has 0 aliphatic carbocycles. The maximum atomic E-state index is 12.0.